The molecule has 12 heteroatoms. The maximum atomic E-state index is 13.9. The van der Waals surface area contributed by atoms with E-state index in [0.29, 0.717) is 4.68 Å². The molecule has 2 aromatic carbocycles. The highest BCUT2D eigenvalue weighted by atomic mass is 35.5. The summed E-state index contributed by atoms with van der Waals surface area (Å²) >= 11 is 5.65. The number of amides is 1. The van der Waals surface area contributed by atoms with Gasteiger partial charge in [0, 0.05) is 5.56 Å². The lowest BCUT2D eigenvalue weighted by Crippen LogP contribution is -2.45. The van der Waals surface area contributed by atoms with Crippen LogP contribution in [-0.2, 0) is 0 Å². The van der Waals surface area contributed by atoms with E-state index in [-0.39, 0.29) is 22.0 Å². The van der Waals surface area contributed by atoms with Gasteiger partial charge in [0.15, 0.2) is 6.10 Å². The van der Waals surface area contributed by atoms with Crippen molar-refractivity contribution in [3.05, 3.63) is 81.1 Å². The van der Waals surface area contributed by atoms with Crippen LogP contribution in [0.25, 0.3) is 16.9 Å². The number of alkyl halides is 3. The van der Waals surface area contributed by atoms with Crippen LogP contribution < -0.4 is 10.9 Å². The van der Waals surface area contributed by atoms with Crippen molar-refractivity contribution in [1.82, 2.24) is 15.1 Å². The Balaban J connectivity index is 2.15. The summed E-state index contributed by atoms with van der Waals surface area (Å²) in [4.78, 5) is 25.2. The molecule has 1 aromatic heterocycles. The Morgan fingerprint density at radius 3 is 2.44 bits per heavy atom. The van der Waals surface area contributed by atoms with Gasteiger partial charge in [-0.2, -0.15) is 9.78 Å². The van der Waals surface area contributed by atoms with E-state index in [9.17, 15) is 31.5 Å². The number of benzene rings is 2. The van der Waals surface area contributed by atoms with Crippen LogP contribution in [0.5, 0.6) is 0 Å². The lowest BCUT2D eigenvalue weighted by Gasteiger charge is -2.17. The zero-order valence-corrected chi connectivity index (χ0v) is 16.5. The highest BCUT2D eigenvalue weighted by Gasteiger charge is 2.30. The van der Waals surface area contributed by atoms with Gasteiger partial charge in [-0.25, -0.2) is 22.0 Å². The highest BCUT2D eigenvalue weighted by molar-refractivity contribution is 6.30. The molecule has 0 aliphatic carbocycles. The van der Waals surface area contributed by atoms with Crippen LogP contribution in [0.1, 0.15) is 10.4 Å². The van der Waals surface area contributed by atoms with Crippen molar-refractivity contribution in [3.8, 4) is 16.9 Å². The molecule has 168 valence electrons. The number of carbonyl (C=O) groups is 1. The molecule has 0 aliphatic rings. The minimum Gasteiger partial charge on any atom is -0.382 e. The summed E-state index contributed by atoms with van der Waals surface area (Å²) < 4.78 is 67.0. The quantitative estimate of drug-likeness (QED) is 0.424. The normalized spacial score (nSPS) is 13.1. The Morgan fingerprint density at radius 1 is 1.09 bits per heavy atom. The van der Waals surface area contributed by atoms with Crippen LogP contribution >= 0.6 is 11.6 Å². The van der Waals surface area contributed by atoms with Crippen molar-refractivity contribution < 1.29 is 31.9 Å². The molecule has 0 saturated heterocycles. The van der Waals surface area contributed by atoms with Crippen LogP contribution in [0, 0.1) is 11.6 Å². The summed E-state index contributed by atoms with van der Waals surface area (Å²) in [6, 6.07) is 8.85. The number of aliphatic hydroxyl groups is 1. The van der Waals surface area contributed by atoms with Crippen LogP contribution in [0.3, 0.4) is 0 Å². The molecule has 32 heavy (non-hydrogen) atoms. The lowest BCUT2D eigenvalue weighted by molar-refractivity contribution is -0.0551. The summed E-state index contributed by atoms with van der Waals surface area (Å²) in [6.45, 7) is 0. The van der Waals surface area contributed by atoms with Crippen molar-refractivity contribution >= 4 is 17.5 Å². The Labute approximate surface area is 181 Å². The SMILES string of the molecule is O=C(NC(F)C(O)C(F)F)c1cc(-c2ccc(Cl)c(F)c2)nn(-c2cccc(F)c2)c1=O. The zero-order valence-electron chi connectivity index (χ0n) is 15.8. The van der Waals surface area contributed by atoms with Gasteiger partial charge in [0.25, 0.3) is 17.9 Å². The fourth-order valence-corrected chi connectivity index (χ4v) is 2.77. The lowest BCUT2D eigenvalue weighted by atomic mass is 10.1. The van der Waals surface area contributed by atoms with Gasteiger partial charge >= 0.3 is 0 Å². The smallest absolute Gasteiger partial charge is 0.284 e. The number of rotatable bonds is 6. The van der Waals surface area contributed by atoms with Gasteiger partial charge in [-0.05, 0) is 36.4 Å². The molecule has 0 fully saturated rings. The predicted molar refractivity (Wildman–Crippen MR) is 105 cm³/mol. The minimum atomic E-state index is -3.50. The molecular formula is C20H13ClF5N3O3. The van der Waals surface area contributed by atoms with E-state index in [0.717, 1.165) is 24.3 Å². The van der Waals surface area contributed by atoms with Crippen LogP contribution in [-0.4, -0.2) is 39.6 Å². The number of halogens is 6. The topological polar surface area (TPSA) is 84.2 Å². The van der Waals surface area contributed by atoms with Crippen molar-refractivity contribution in [1.29, 1.82) is 0 Å². The number of hydrogen-bond donors (Lipinski definition) is 2. The number of carbonyl (C=O) groups excluding carboxylic acids is 1. The van der Waals surface area contributed by atoms with Crippen LogP contribution in [0.15, 0.2) is 53.3 Å². The third-order valence-electron chi connectivity index (χ3n) is 4.25. The third kappa shape index (κ3) is 4.94. The number of nitrogens with one attached hydrogen (secondary N) is 1. The van der Waals surface area contributed by atoms with Crippen LogP contribution in [0.4, 0.5) is 22.0 Å². The number of aromatic nitrogens is 2. The van der Waals surface area contributed by atoms with Gasteiger partial charge in [0.2, 0.25) is 6.30 Å². The fourth-order valence-electron chi connectivity index (χ4n) is 2.65. The second kappa shape index (κ2) is 9.45. The van der Waals surface area contributed by atoms with Gasteiger partial charge in [0.05, 0.1) is 16.4 Å². The minimum absolute atomic E-state index is 0.0514. The maximum Gasteiger partial charge on any atom is 0.284 e. The molecule has 6 nitrogen and oxygen atoms in total. The van der Waals surface area contributed by atoms with E-state index >= 15 is 0 Å². The monoisotopic (exact) mass is 473 g/mol. The molecule has 2 N–H and O–H groups in total. The van der Waals surface area contributed by atoms with E-state index in [4.69, 9.17) is 16.7 Å². The van der Waals surface area contributed by atoms with Gasteiger partial charge < -0.3 is 10.4 Å². The van der Waals surface area contributed by atoms with Crippen LogP contribution in [0.2, 0.25) is 5.02 Å². The summed E-state index contributed by atoms with van der Waals surface area (Å²) in [5, 5.41) is 14.3. The predicted octanol–water partition coefficient (Wildman–Crippen LogP) is 3.48. The molecule has 3 aromatic rings. The average Bonchev–Trinajstić information content (AvgIpc) is 2.75. The first-order valence-electron chi connectivity index (χ1n) is 8.85. The number of nitrogens with zero attached hydrogens (tertiary/aromatic N) is 2. The van der Waals surface area contributed by atoms with Gasteiger partial charge in [0.1, 0.15) is 17.2 Å². The fraction of sp³-hybridized carbons (Fsp3) is 0.150. The molecule has 1 amide bonds. The van der Waals surface area contributed by atoms with Gasteiger partial charge in [-0.1, -0.05) is 23.7 Å². The van der Waals surface area contributed by atoms with E-state index in [1.807, 2.05) is 0 Å². The van der Waals surface area contributed by atoms with E-state index < -0.39 is 47.5 Å². The van der Waals surface area contributed by atoms with Crippen molar-refractivity contribution in [3.63, 3.8) is 0 Å². The zero-order chi connectivity index (χ0) is 23.6. The molecule has 0 radical (unpaired) electrons. The molecule has 0 aliphatic heterocycles. The Kier molecular flexibility index (Phi) is 6.90. The summed E-state index contributed by atoms with van der Waals surface area (Å²) in [5.41, 5.74) is -2.16. The Morgan fingerprint density at radius 2 is 1.81 bits per heavy atom. The average molecular weight is 474 g/mol. The molecule has 1 heterocycles. The largest absolute Gasteiger partial charge is 0.382 e. The molecule has 2 atom stereocenters. The van der Waals surface area contributed by atoms with Gasteiger partial charge in [-0.3, -0.25) is 9.59 Å². The third-order valence-corrected chi connectivity index (χ3v) is 4.56. The van der Waals surface area contributed by atoms with Crippen molar-refractivity contribution in [2.45, 2.75) is 18.8 Å². The van der Waals surface area contributed by atoms with Crippen molar-refractivity contribution in [2.24, 2.45) is 0 Å². The first kappa shape index (κ1) is 23.4. The molecule has 3 rings (SSSR count). The molecule has 0 spiro atoms. The molecule has 0 saturated carbocycles. The molecular weight excluding hydrogens is 461 g/mol. The number of hydrogen-bond acceptors (Lipinski definition) is 4. The van der Waals surface area contributed by atoms with E-state index in [1.165, 1.54) is 29.6 Å². The standard InChI is InChI=1S/C20H13ClF5N3O3/c21-13-5-4-9(6-14(13)23)15-8-12(19(31)27-18(26)16(30)17(24)25)20(32)29(28-15)11-3-1-2-10(22)7-11/h1-8,16-18,30H,(H,27,31). The second-order valence-electron chi connectivity index (χ2n) is 6.47. The highest BCUT2D eigenvalue weighted by Crippen LogP contribution is 2.23. The van der Waals surface area contributed by atoms with Crippen molar-refractivity contribution in [2.75, 3.05) is 0 Å². The second-order valence-corrected chi connectivity index (χ2v) is 6.88. The Bertz CT molecular complexity index is 1220. The molecule has 2 unspecified atom stereocenters. The first-order valence-corrected chi connectivity index (χ1v) is 9.23. The summed E-state index contributed by atoms with van der Waals surface area (Å²) in [6.07, 6.45) is -9.23. The first-order chi connectivity index (χ1) is 15.1. The summed E-state index contributed by atoms with van der Waals surface area (Å²) in [5.74, 6) is -3.04. The Hall–Kier alpha value is -3.31. The number of aliphatic hydroxyl groups excluding tert-OH is 1. The van der Waals surface area contributed by atoms with E-state index in [2.05, 4.69) is 5.10 Å². The van der Waals surface area contributed by atoms with Gasteiger partial charge in [-0.15, -0.1) is 0 Å². The maximum absolute atomic E-state index is 13.9. The summed E-state index contributed by atoms with van der Waals surface area (Å²) in [7, 11) is 0. The van der Waals surface area contributed by atoms with E-state index in [1.54, 1.807) is 0 Å². The molecule has 0 bridgehead atoms.